The minimum Gasteiger partial charge on any atom is -0.361 e. The molecule has 0 rings (SSSR count). The van der Waals surface area contributed by atoms with Gasteiger partial charge in [-0.3, -0.25) is 14.6 Å². The van der Waals surface area contributed by atoms with Crippen molar-refractivity contribution in [3.63, 3.8) is 0 Å². The number of carbonyl (C=O) groups is 1. The van der Waals surface area contributed by atoms with Crippen molar-refractivity contribution in [1.29, 1.82) is 0 Å². The van der Waals surface area contributed by atoms with Crippen LogP contribution in [0.25, 0.3) is 5.53 Å². The van der Waals surface area contributed by atoms with Crippen LogP contribution in [-0.2, 0) is 4.79 Å². The number of ketones is 1. The minimum atomic E-state index is -0.289. The first-order valence-electron chi connectivity index (χ1n) is 3.97. The van der Waals surface area contributed by atoms with Crippen molar-refractivity contribution in [2.45, 2.75) is 13.1 Å². The van der Waals surface area contributed by atoms with Crippen LogP contribution in [0, 0.1) is 0 Å². The number of rotatable bonds is 4. The number of hydrogen-bond donors (Lipinski definition) is 0. The Kier molecular flexibility index (Phi) is 4.48. The molecule has 0 bridgehead atoms. The van der Waals surface area contributed by atoms with Gasteiger partial charge in [-0.1, -0.05) is 0 Å². The van der Waals surface area contributed by atoms with Gasteiger partial charge in [0, 0.05) is 6.92 Å². The zero-order valence-corrected chi connectivity index (χ0v) is 8.77. The molecule has 0 spiro atoms. The fraction of sp³-hybridized carbons (Fsp3) is 0.750. The third kappa shape index (κ3) is 3.06. The highest BCUT2D eigenvalue weighted by atomic mass is 16.1. The van der Waals surface area contributed by atoms with Gasteiger partial charge in [-0.25, -0.2) is 0 Å². The second-order valence-electron chi connectivity index (χ2n) is 3.34. The van der Waals surface area contributed by atoms with Gasteiger partial charge in [-0.15, -0.1) is 0 Å². The van der Waals surface area contributed by atoms with Crippen molar-refractivity contribution in [2.75, 3.05) is 28.2 Å². The average Bonchev–Trinajstić information content (AvgIpc) is 1.97. The van der Waals surface area contributed by atoms with E-state index in [0.29, 0.717) is 0 Å². The molecular formula is C8H16N4O. The van der Waals surface area contributed by atoms with Crippen molar-refractivity contribution in [2.24, 2.45) is 0 Å². The molecule has 0 N–H and O–H groups in total. The molecule has 0 aromatic heterocycles. The Balaban J connectivity index is 4.94. The highest BCUT2D eigenvalue weighted by molar-refractivity contribution is 6.38. The van der Waals surface area contributed by atoms with E-state index in [1.807, 2.05) is 28.2 Å². The molecule has 5 heteroatoms. The van der Waals surface area contributed by atoms with Crippen LogP contribution in [0.1, 0.15) is 6.92 Å². The average molecular weight is 184 g/mol. The first-order chi connectivity index (χ1) is 5.91. The Hall–Kier alpha value is -1.03. The van der Waals surface area contributed by atoms with Crippen LogP contribution in [0.3, 0.4) is 0 Å². The SMILES string of the molecule is CC(=O)C(=[N+]=[N-])C(N(C)C)N(C)C. The lowest BCUT2D eigenvalue weighted by atomic mass is 10.2. The van der Waals surface area contributed by atoms with Gasteiger partial charge in [0.25, 0.3) is 0 Å². The highest BCUT2D eigenvalue weighted by Crippen LogP contribution is 1.99. The van der Waals surface area contributed by atoms with Crippen molar-refractivity contribution in [3.8, 4) is 0 Å². The van der Waals surface area contributed by atoms with Gasteiger partial charge in [0.15, 0.2) is 6.17 Å². The molecule has 0 unspecified atom stereocenters. The summed E-state index contributed by atoms with van der Waals surface area (Å²) in [5.74, 6) is -0.227. The Bertz CT molecular complexity index is 233. The molecule has 0 amide bonds. The quantitative estimate of drug-likeness (QED) is 0.261. The van der Waals surface area contributed by atoms with E-state index in [1.54, 1.807) is 9.80 Å². The number of carbonyl (C=O) groups excluding carboxylic acids is 1. The van der Waals surface area contributed by atoms with Crippen LogP contribution in [-0.4, -0.2) is 60.4 Å². The second-order valence-corrected chi connectivity index (χ2v) is 3.34. The predicted octanol–water partition coefficient (Wildman–Crippen LogP) is -0.304. The standard InChI is InChI=1S/C8H16N4O/c1-6(13)7(10-9)8(11(2)3)12(4)5/h8H,1-5H3. The van der Waals surface area contributed by atoms with Crippen molar-refractivity contribution >= 4 is 11.5 Å². The van der Waals surface area contributed by atoms with Gasteiger partial charge in [0.2, 0.25) is 5.78 Å². The molecule has 0 aliphatic heterocycles. The maximum Gasteiger partial charge on any atom is 0.365 e. The summed E-state index contributed by atoms with van der Waals surface area (Å²) >= 11 is 0. The van der Waals surface area contributed by atoms with E-state index in [4.69, 9.17) is 5.53 Å². The zero-order valence-electron chi connectivity index (χ0n) is 8.77. The predicted molar refractivity (Wildman–Crippen MR) is 50.5 cm³/mol. The van der Waals surface area contributed by atoms with Crippen LogP contribution in [0.4, 0.5) is 0 Å². The highest BCUT2D eigenvalue weighted by Gasteiger charge is 2.31. The molecule has 13 heavy (non-hydrogen) atoms. The van der Waals surface area contributed by atoms with Gasteiger partial charge >= 0.3 is 5.71 Å². The Labute approximate surface area is 78.6 Å². The number of Topliss-reactive ketones (excluding diaryl/α,β-unsaturated/α-hetero) is 1. The minimum absolute atomic E-state index is 0.148. The molecule has 0 aliphatic rings. The van der Waals surface area contributed by atoms with Crippen LogP contribution < -0.4 is 0 Å². The van der Waals surface area contributed by atoms with Crippen LogP contribution >= 0.6 is 0 Å². The van der Waals surface area contributed by atoms with Gasteiger partial charge in [0.1, 0.15) is 0 Å². The van der Waals surface area contributed by atoms with Crippen molar-refractivity contribution in [1.82, 2.24) is 9.80 Å². The van der Waals surface area contributed by atoms with Crippen LogP contribution in [0.15, 0.2) is 0 Å². The monoisotopic (exact) mass is 184 g/mol. The number of hydrogen-bond acceptors (Lipinski definition) is 3. The van der Waals surface area contributed by atoms with E-state index in [9.17, 15) is 4.79 Å². The zero-order chi connectivity index (χ0) is 10.6. The second kappa shape index (κ2) is 4.87. The summed E-state index contributed by atoms with van der Waals surface area (Å²) in [5.41, 5.74) is 8.83. The molecule has 0 aliphatic carbocycles. The maximum atomic E-state index is 11.1. The van der Waals surface area contributed by atoms with E-state index in [1.165, 1.54) is 6.92 Å². The molecule has 0 heterocycles. The molecule has 74 valence electrons. The van der Waals surface area contributed by atoms with Crippen molar-refractivity contribution in [3.05, 3.63) is 5.53 Å². The molecule has 0 saturated heterocycles. The number of nitrogens with zero attached hydrogens (tertiary/aromatic N) is 4. The van der Waals surface area contributed by atoms with Gasteiger partial charge in [0.05, 0.1) is 0 Å². The lowest BCUT2D eigenvalue weighted by molar-refractivity contribution is -0.117. The third-order valence-corrected chi connectivity index (χ3v) is 1.69. The molecule has 0 radical (unpaired) electrons. The van der Waals surface area contributed by atoms with Crippen molar-refractivity contribution < 1.29 is 9.58 Å². The van der Waals surface area contributed by atoms with Gasteiger partial charge in [-0.2, -0.15) is 4.79 Å². The molecule has 0 aromatic rings. The molecule has 0 fully saturated rings. The van der Waals surface area contributed by atoms with Gasteiger partial charge < -0.3 is 5.53 Å². The Morgan fingerprint density at radius 2 is 1.62 bits per heavy atom. The lowest BCUT2D eigenvalue weighted by Gasteiger charge is -2.25. The van der Waals surface area contributed by atoms with E-state index in [2.05, 4.69) is 4.79 Å². The van der Waals surface area contributed by atoms with E-state index >= 15 is 0 Å². The molecular weight excluding hydrogens is 168 g/mol. The summed E-state index contributed by atoms with van der Waals surface area (Å²) in [6.07, 6.45) is -0.289. The third-order valence-electron chi connectivity index (χ3n) is 1.69. The van der Waals surface area contributed by atoms with Crippen LogP contribution in [0.2, 0.25) is 0 Å². The van der Waals surface area contributed by atoms with E-state index < -0.39 is 0 Å². The van der Waals surface area contributed by atoms with E-state index in [-0.39, 0.29) is 17.7 Å². The fourth-order valence-corrected chi connectivity index (χ4v) is 1.25. The summed E-state index contributed by atoms with van der Waals surface area (Å²) in [6, 6.07) is 0. The summed E-state index contributed by atoms with van der Waals surface area (Å²) in [5, 5.41) is 0. The Morgan fingerprint density at radius 1 is 1.23 bits per heavy atom. The fourth-order valence-electron chi connectivity index (χ4n) is 1.25. The maximum absolute atomic E-state index is 11.1. The summed E-state index contributed by atoms with van der Waals surface area (Å²) in [7, 11) is 7.27. The molecule has 5 nitrogen and oxygen atoms in total. The Morgan fingerprint density at radius 3 is 1.69 bits per heavy atom. The summed E-state index contributed by atoms with van der Waals surface area (Å²) < 4.78 is 0. The largest absolute Gasteiger partial charge is 0.365 e. The van der Waals surface area contributed by atoms with Crippen LogP contribution in [0.5, 0.6) is 0 Å². The summed E-state index contributed by atoms with van der Waals surface area (Å²) in [4.78, 5) is 17.7. The van der Waals surface area contributed by atoms with E-state index in [0.717, 1.165) is 0 Å². The summed E-state index contributed by atoms with van der Waals surface area (Å²) in [6.45, 7) is 1.38. The smallest absolute Gasteiger partial charge is 0.361 e. The normalized spacial score (nSPS) is 10.8. The topological polar surface area (TPSA) is 60.0 Å². The molecule has 0 atom stereocenters. The first kappa shape index (κ1) is 12.0. The molecule has 0 aromatic carbocycles. The van der Waals surface area contributed by atoms with Gasteiger partial charge in [-0.05, 0) is 28.2 Å². The lowest BCUT2D eigenvalue weighted by Crippen LogP contribution is -2.49. The first-order valence-corrected chi connectivity index (χ1v) is 3.97. The molecule has 0 saturated carbocycles.